The molecule has 0 unspecified atom stereocenters. The number of benzene rings is 2. The number of hydrogen-bond acceptors (Lipinski definition) is 2. The van der Waals surface area contributed by atoms with Crippen molar-refractivity contribution >= 4 is 43.2 Å². The van der Waals surface area contributed by atoms with Crippen molar-refractivity contribution in [3.05, 3.63) is 63.6 Å². The molecule has 20 heavy (non-hydrogen) atoms. The molecule has 0 fully saturated rings. The van der Waals surface area contributed by atoms with E-state index in [1.54, 1.807) is 24.3 Å². The van der Waals surface area contributed by atoms with Gasteiger partial charge in [0.25, 0.3) is 0 Å². The van der Waals surface area contributed by atoms with Crippen molar-refractivity contribution in [3.63, 3.8) is 0 Å². The SMILES string of the molecule is CS(=O)(=O)N(Cc1ccccc1Cl)c1cccc(Br)c1. The summed E-state index contributed by atoms with van der Waals surface area (Å²) >= 11 is 9.46. The zero-order valence-electron chi connectivity index (χ0n) is 10.8. The number of rotatable bonds is 4. The van der Waals surface area contributed by atoms with Crippen LogP contribution in [0.3, 0.4) is 0 Å². The van der Waals surface area contributed by atoms with E-state index in [4.69, 9.17) is 11.6 Å². The summed E-state index contributed by atoms with van der Waals surface area (Å²) in [6, 6.07) is 14.4. The van der Waals surface area contributed by atoms with E-state index in [1.807, 2.05) is 24.3 Å². The van der Waals surface area contributed by atoms with E-state index < -0.39 is 10.0 Å². The first kappa shape index (κ1) is 15.4. The summed E-state index contributed by atoms with van der Waals surface area (Å²) in [5, 5.41) is 0.552. The van der Waals surface area contributed by atoms with Gasteiger partial charge in [0.15, 0.2) is 0 Å². The van der Waals surface area contributed by atoms with Crippen LogP contribution in [0.25, 0.3) is 0 Å². The smallest absolute Gasteiger partial charge is 0.232 e. The molecule has 0 atom stereocenters. The summed E-state index contributed by atoms with van der Waals surface area (Å²) in [7, 11) is -3.40. The predicted octanol–water partition coefficient (Wildman–Crippen LogP) is 4.07. The molecule has 0 amide bonds. The van der Waals surface area contributed by atoms with Gasteiger partial charge in [0.1, 0.15) is 0 Å². The summed E-state index contributed by atoms with van der Waals surface area (Å²) in [5.41, 5.74) is 1.36. The van der Waals surface area contributed by atoms with Crippen LogP contribution in [-0.2, 0) is 16.6 Å². The lowest BCUT2D eigenvalue weighted by molar-refractivity contribution is 0.596. The van der Waals surface area contributed by atoms with E-state index in [9.17, 15) is 8.42 Å². The van der Waals surface area contributed by atoms with Crippen LogP contribution in [0.15, 0.2) is 53.0 Å². The van der Waals surface area contributed by atoms with E-state index in [0.717, 1.165) is 10.0 Å². The molecule has 2 aromatic rings. The molecule has 106 valence electrons. The number of hydrogen-bond donors (Lipinski definition) is 0. The van der Waals surface area contributed by atoms with Crippen LogP contribution in [-0.4, -0.2) is 14.7 Å². The van der Waals surface area contributed by atoms with Crippen molar-refractivity contribution < 1.29 is 8.42 Å². The number of anilines is 1. The molecular formula is C14H13BrClNO2S. The maximum absolute atomic E-state index is 12.0. The fourth-order valence-electron chi connectivity index (χ4n) is 1.81. The quantitative estimate of drug-likeness (QED) is 0.809. The highest BCUT2D eigenvalue weighted by atomic mass is 79.9. The maximum Gasteiger partial charge on any atom is 0.232 e. The van der Waals surface area contributed by atoms with Gasteiger partial charge in [0.05, 0.1) is 18.5 Å². The molecule has 0 aliphatic rings. The Morgan fingerprint density at radius 3 is 2.45 bits per heavy atom. The van der Waals surface area contributed by atoms with Crippen molar-refractivity contribution in [3.8, 4) is 0 Å². The first-order chi connectivity index (χ1) is 9.38. The molecule has 0 saturated carbocycles. The van der Waals surface area contributed by atoms with Crippen LogP contribution in [0.2, 0.25) is 5.02 Å². The zero-order chi connectivity index (χ0) is 14.8. The van der Waals surface area contributed by atoms with Gasteiger partial charge in [-0.2, -0.15) is 0 Å². The lowest BCUT2D eigenvalue weighted by Gasteiger charge is -2.23. The Bertz CT molecular complexity index is 719. The van der Waals surface area contributed by atoms with Gasteiger partial charge in [-0.3, -0.25) is 4.31 Å². The van der Waals surface area contributed by atoms with Gasteiger partial charge in [-0.1, -0.05) is 51.8 Å². The van der Waals surface area contributed by atoms with Gasteiger partial charge in [-0.05, 0) is 29.8 Å². The molecular weight excluding hydrogens is 362 g/mol. The molecule has 0 radical (unpaired) electrons. The van der Waals surface area contributed by atoms with Gasteiger partial charge in [-0.25, -0.2) is 8.42 Å². The van der Waals surface area contributed by atoms with E-state index in [-0.39, 0.29) is 6.54 Å². The van der Waals surface area contributed by atoms with Gasteiger partial charge in [-0.15, -0.1) is 0 Å². The Hall–Kier alpha value is -1.04. The topological polar surface area (TPSA) is 37.4 Å². The van der Waals surface area contributed by atoms with Crippen molar-refractivity contribution in [1.29, 1.82) is 0 Å². The molecule has 2 aromatic carbocycles. The molecule has 0 heterocycles. The minimum Gasteiger partial charge on any atom is -0.266 e. The van der Waals surface area contributed by atoms with Gasteiger partial charge < -0.3 is 0 Å². The third kappa shape index (κ3) is 3.75. The molecule has 2 rings (SSSR count). The molecule has 0 saturated heterocycles. The zero-order valence-corrected chi connectivity index (χ0v) is 13.9. The molecule has 0 spiro atoms. The summed E-state index contributed by atoms with van der Waals surface area (Å²) in [4.78, 5) is 0. The molecule has 3 nitrogen and oxygen atoms in total. The second-order valence-corrected chi connectivity index (χ2v) is 7.57. The first-order valence-corrected chi connectivity index (χ1v) is 8.86. The average Bonchev–Trinajstić information content (AvgIpc) is 2.36. The molecule has 0 aliphatic heterocycles. The standard InChI is InChI=1S/C14H13BrClNO2S/c1-20(18,19)17(13-7-4-6-12(15)9-13)10-11-5-2-3-8-14(11)16/h2-9H,10H2,1H3. The van der Waals surface area contributed by atoms with Crippen LogP contribution >= 0.6 is 27.5 Å². The van der Waals surface area contributed by atoms with Crippen molar-refractivity contribution in [2.75, 3.05) is 10.6 Å². The Kier molecular flexibility index (Phi) is 4.73. The molecule has 0 aliphatic carbocycles. The highest BCUT2D eigenvalue weighted by Crippen LogP contribution is 2.26. The number of nitrogens with zero attached hydrogens (tertiary/aromatic N) is 1. The lowest BCUT2D eigenvalue weighted by atomic mass is 10.2. The minimum absolute atomic E-state index is 0.203. The third-order valence-electron chi connectivity index (χ3n) is 2.77. The summed E-state index contributed by atoms with van der Waals surface area (Å²) in [6.07, 6.45) is 1.19. The fourth-order valence-corrected chi connectivity index (χ4v) is 3.27. The lowest BCUT2D eigenvalue weighted by Crippen LogP contribution is -2.29. The van der Waals surface area contributed by atoms with Crippen LogP contribution in [0, 0.1) is 0 Å². The summed E-state index contributed by atoms with van der Waals surface area (Å²) in [5.74, 6) is 0. The second kappa shape index (κ2) is 6.16. The van der Waals surface area contributed by atoms with Crippen molar-refractivity contribution in [1.82, 2.24) is 0 Å². The monoisotopic (exact) mass is 373 g/mol. The predicted molar refractivity (Wildman–Crippen MR) is 86.6 cm³/mol. The first-order valence-electron chi connectivity index (χ1n) is 5.84. The normalized spacial score (nSPS) is 11.3. The third-order valence-corrected chi connectivity index (χ3v) is 4.77. The van der Waals surface area contributed by atoms with Crippen LogP contribution < -0.4 is 4.31 Å². The Labute approximate surface area is 132 Å². The molecule has 0 N–H and O–H groups in total. The van der Waals surface area contributed by atoms with Crippen molar-refractivity contribution in [2.45, 2.75) is 6.54 Å². The number of sulfonamides is 1. The van der Waals surface area contributed by atoms with Gasteiger partial charge >= 0.3 is 0 Å². The van der Waals surface area contributed by atoms with Crippen LogP contribution in [0.1, 0.15) is 5.56 Å². The fraction of sp³-hybridized carbons (Fsp3) is 0.143. The second-order valence-electron chi connectivity index (χ2n) is 4.34. The Balaban J connectivity index is 2.43. The van der Waals surface area contributed by atoms with E-state index in [0.29, 0.717) is 10.7 Å². The average molecular weight is 375 g/mol. The van der Waals surface area contributed by atoms with Gasteiger partial charge in [0.2, 0.25) is 10.0 Å². The molecule has 6 heteroatoms. The van der Waals surface area contributed by atoms with Gasteiger partial charge in [0, 0.05) is 9.50 Å². The highest BCUT2D eigenvalue weighted by Gasteiger charge is 2.19. The van der Waals surface area contributed by atoms with E-state index in [1.165, 1.54) is 10.6 Å². The molecule has 0 bridgehead atoms. The van der Waals surface area contributed by atoms with Crippen LogP contribution in [0.4, 0.5) is 5.69 Å². The van der Waals surface area contributed by atoms with Crippen molar-refractivity contribution in [2.24, 2.45) is 0 Å². The van der Waals surface area contributed by atoms with Crippen LogP contribution in [0.5, 0.6) is 0 Å². The number of halogens is 2. The summed E-state index contributed by atoms with van der Waals surface area (Å²) in [6.45, 7) is 0.203. The Morgan fingerprint density at radius 1 is 1.15 bits per heavy atom. The largest absolute Gasteiger partial charge is 0.266 e. The summed E-state index contributed by atoms with van der Waals surface area (Å²) < 4.78 is 26.2. The highest BCUT2D eigenvalue weighted by molar-refractivity contribution is 9.10. The van der Waals surface area contributed by atoms with E-state index in [2.05, 4.69) is 15.9 Å². The van der Waals surface area contributed by atoms with E-state index >= 15 is 0 Å². The maximum atomic E-state index is 12.0. The minimum atomic E-state index is -3.40. The Morgan fingerprint density at radius 2 is 1.85 bits per heavy atom. The molecule has 0 aromatic heterocycles.